The number of amides is 1. The number of hydrogen-bond donors (Lipinski definition) is 1. The van der Waals surface area contributed by atoms with Crippen LogP contribution < -0.4 is 5.32 Å². The van der Waals surface area contributed by atoms with E-state index in [9.17, 15) is 4.79 Å². The summed E-state index contributed by atoms with van der Waals surface area (Å²) in [6.07, 6.45) is 12.5. The van der Waals surface area contributed by atoms with Crippen molar-refractivity contribution in [1.82, 2.24) is 5.32 Å². The monoisotopic (exact) mass is 315 g/mol. The van der Waals surface area contributed by atoms with E-state index in [1.807, 2.05) is 0 Å². The van der Waals surface area contributed by atoms with Crippen LogP contribution in [0.1, 0.15) is 64.2 Å². The molecule has 2 saturated carbocycles. The first-order chi connectivity index (χ1) is 8.74. The Morgan fingerprint density at radius 3 is 2.44 bits per heavy atom. The van der Waals surface area contributed by atoms with Gasteiger partial charge in [-0.2, -0.15) is 0 Å². The van der Waals surface area contributed by atoms with Gasteiger partial charge >= 0.3 is 0 Å². The molecule has 0 heterocycles. The van der Waals surface area contributed by atoms with E-state index in [2.05, 4.69) is 21.2 Å². The maximum atomic E-state index is 11.9. The average molecular weight is 316 g/mol. The molecule has 0 aromatic carbocycles. The maximum Gasteiger partial charge on any atom is 0.220 e. The molecular formula is C15H26BrNO. The lowest BCUT2D eigenvalue weighted by atomic mass is 9.89. The van der Waals surface area contributed by atoms with E-state index in [4.69, 9.17) is 0 Å². The van der Waals surface area contributed by atoms with Gasteiger partial charge in [-0.15, -0.1) is 0 Å². The van der Waals surface area contributed by atoms with E-state index in [1.54, 1.807) is 0 Å². The third kappa shape index (κ3) is 3.97. The smallest absolute Gasteiger partial charge is 0.220 e. The highest BCUT2D eigenvalue weighted by Gasteiger charge is 2.32. The summed E-state index contributed by atoms with van der Waals surface area (Å²) in [5, 5.41) is 4.20. The van der Waals surface area contributed by atoms with Crippen molar-refractivity contribution in [2.24, 2.45) is 11.3 Å². The molecule has 18 heavy (non-hydrogen) atoms. The van der Waals surface area contributed by atoms with Gasteiger partial charge in [-0.3, -0.25) is 4.79 Å². The van der Waals surface area contributed by atoms with E-state index in [-0.39, 0.29) is 5.91 Å². The van der Waals surface area contributed by atoms with Gasteiger partial charge in [0.05, 0.1) is 0 Å². The minimum atomic E-state index is 0.272. The zero-order valence-corrected chi connectivity index (χ0v) is 12.9. The highest BCUT2D eigenvalue weighted by Crippen LogP contribution is 2.39. The summed E-state index contributed by atoms with van der Waals surface area (Å²) < 4.78 is 0. The van der Waals surface area contributed by atoms with E-state index >= 15 is 0 Å². The number of nitrogens with one attached hydrogen (secondary N) is 1. The molecule has 0 saturated heterocycles. The molecule has 0 aromatic heterocycles. The highest BCUT2D eigenvalue weighted by atomic mass is 79.9. The Bertz CT molecular complexity index is 268. The number of halogens is 1. The van der Waals surface area contributed by atoms with Gasteiger partial charge in [0.2, 0.25) is 5.91 Å². The topological polar surface area (TPSA) is 29.1 Å². The van der Waals surface area contributed by atoms with Crippen molar-refractivity contribution in [2.45, 2.75) is 64.2 Å². The molecule has 2 aliphatic rings. The quantitative estimate of drug-likeness (QED) is 0.737. The van der Waals surface area contributed by atoms with Gasteiger partial charge in [0.15, 0.2) is 0 Å². The number of alkyl halides is 1. The molecule has 2 rings (SSSR count). The Kier molecular flexibility index (Phi) is 5.53. The lowest BCUT2D eigenvalue weighted by Crippen LogP contribution is -2.37. The maximum absolute atomic E-state index is 11.9. The molecule has 0 aliphatic heterocycles. The van der Waals surface area contributed by atoms with Crippen LogP contribution in [0.15, 0.2) is 0 Å². The van der Waals surface area contributed by atoms with E-state index in [0.29, 0.717) is 5.41 Å². The number of carbonyl (C=O) groups is 1. The second kappa shape index (κ2) is 6.93. The molecule has 3 heteroatoms. The predicted octanol–water partition coefficient (Wildman–Crippen LogP) is 4.03. The number of rotatable bonds is 6. The zero-order chi connectivity index (χ0) is 12.8. The van der Waals surface area contributed by atoms with Gasteiger partial charge in [0.25, 0.3) is 0 Å². The SMILES string of the molecule is O=C(CCC1CCCC1)NCC1(CBr)CCCC1. The number of hydrogen-bond acceptors (Lipinski definition) is 1. The van der Waals surface area contributed by atoms with Crippen LogP contribution in [-0.4, -0.2) is 17.8 Å². The van der Waals surface area contributed by atoms with Crippen LogP contribution in [0, 0.1) is 11.3 Å². The lowest BCUT2D eigenvalue weighted by Gasteiger charge is -2.26. The second-order valence-corrected chi connectivity index (χ2v) is 6.87. The third-order valence-corrected chi connectivity index (χ3v) is 6.05. The number of carbonyl (C=O) groups excluding carboxylic acids is 1. The van der Waals surface area contributed by atoms with Gasteiger partial charge in [-0.1, -0.05) is 54.5 Å². The van der Waals surface area contributed by atoms with Crippen LogP contribution in [0.2, 0.25) is 0 Å². The van der Waals surface area contributed by atoms with Gasteiger partial charge in [0.1, 0.15) is 0 Å². The molecule has 0 unspecified atom stereocenters. The molecule has 0 atom stereocenters. The Morgan fingerprint density at radius 2 is 1.83 bits per heavy atom. The Labute approximate surface area is 119 Å². The molecular weight excluding hydrogens is 290 g/mol. The molecule has 104 valence electrons. The molecule has 1 N–H and O–H groups in total. The summed E-state index contributed by atoms with van der Waals surface area (Å²) in [5.74, 6) is 1.10. The fraction of sp³-hybridized carbons (Fsp3) is 0.933. The normalized spacial score (nSPS) is 23.4. The second-order valence-electron chi connectivity index (χ2n) is 6.31. The van der Waals surface area contributed by atoms with E-state index in [1.165, 1.54) is 51.4 Å². The van der Waals surface area contributed by atoms with Crippen molar-refractivity contribution in [3.8, 4) is 0 Å². The Morgan fingerprint density at radius 1 is 1.17 bits per heavy atom. The van der Waals surface area contributed by atoms with Crippen molar-refractivity contribution < 1.29 is 4.79 Å². The first kappa shape index (κ1) is 14.4. The van der Waals surface area contributed by atoms with Crippen molar-refractivity contribution in [1.29, 1.82) is 0 Å². The van der Waals surface area contributed by atoms with E-state index < -0.39 is 0 Å². The van der Waals surface area contributed by atoms with Crippen molar-refractivity contribution in [3.63, 3.8) is 0 Å². The fourth-order valence-electron chi connectivity index (χ4n) is 3.49. The Balaban J connectivity index is 1.64. The predicted molar refractivity (Wildman–Crippen MR) is 78.9 cm³/mol. The van der Waals surface area contributed by atoms with Gasteiger partial charge in [-0.25, -0.2) is 0 Å². The first-order valence-electron chi connectivity index (χ1n) is 7.57. The van der Waals surface area contributed by atoms with Gasteiger partial charge < -0.3 is 5.32 Å². The van der Waals surface area contributed by atoms with Gasteiger partial charge in [-0.05, 0) is 30.6 Å². The summed E-state index contributed by atoms with van der Waals surface area (Å²) in [4.78, 5) is 11.9. The van der Waals surface area contributed by atoms with Crippen molar-refractivity contribution in [3.05, 3.63) is 0 Å². The first-order valence-corrected chi connectivity index (χ1v) is 8.69. The molecule has 0 radical (unpaired) electrons. The zero-order valence-electron chi connectivity index (χ0n) is 11.3. The van der Waals surface area contributed by atoms with Crippen LogP contribution in [0.5, 0.6) is 0 Å². The molecule has 2 aliphatic carbocycles. The molecule has 0 spiro atoms. The largest absolute Gasteiger partial charge is 0.356 e. The van der Waals surface area contributed by atoms with Crippen LogP contribution >= 0.6 is 15.9 Å². The van der Waals surface area contributed by atoms with Crippen molar-refractivity contribution >= 4 is 21.8 Å². The van der Waals surface area contributed by atoms with Gasteiger partial charge in [0, 0.05) is 18.3 Å². The minimum absolute atomic E-state index is 0.272. The summed E-state index contributed by atoms with van der Waals surface area (Å²) >= 11 is 3.63. The summed E-state index contributed by atoms with van der Waals surface area (Å²) in [6.45, 7) is 0.877. The third-order valence-electron chi connectivity index (χ3n) is 4.86. The van der Waals surface area contributed by atoms with Crippen LogP contribution in [0.25, 0.3) is 0 Å². The van der Waals surface area contributed by atoms with Crippen LogP contribution in [-0.2, 0) is 4.79 Å². The summed E-state index contributed by atoms with van der Waals surface area (Å²) in [7, 11) is 0. The summed E-state index contributed by atoms with van der Waals surface area (Å²) in [6, 6.07) is 0. The molecule has 0 aromatic rings. The lowest BCUT2D eigenvalue weighted by molar-refractivity contribution is -0.121. The highest BCUT2D eigenvalue weighted by molar-refractivity contribution is 9.09. The Hall–Kier alpha value is -0.0500. The molecule has 0 bridgehead atoms. The van der Waals surface area contributed by atoms with Crippen molar-refractivity contribution in [2.75, 3.05) is 11.9 Å². The minimum Gasteiger partial charge on any atom is -0.356 e. The fourth-order valence-corrected chi connectivity index (χ4v) is 4.25. The average Bonchev–Trinajstić information content (AvgIpc) is 3.06. The van der Waals surface area contributed by atoms with Crippen LogP contribution in [0.3, 0.4) is 0 Å². The molecule has 2 fully saturated rings. The van der Waals surface area contributed by atoms with E-state index in [0.717, 1.165) is 30.6 Å². The standard InChI is InChI=1S/C15H26BrNO/c16-11-15(9-3-4-10-15)12-17-14(18)8-7-13-5-1-2-6-13/h13H,1-12H2,(H,17,18). The molecule has 1 amide bonds. The molecule has 2 nitrogen and oxygen atoms in total. The van der Waals surface area contributed by atoms with Crippen LogP contribution in [0.4, 0.5) is 0 Å². The summed E-state index contributed by atoms with van der Waals surface area (Å²) in [5.41, 5.74) is 0.350.